The smallest absolute Gasteiger partial charge is 0.273 e. The molecule has 2 aromatic heterocycles. The summed E-state index contributed by atoms with van der Waals surface area (Å²) in [6.07, 6.45) is 3.87. The third kappa shape index (κ3) is 3.47. The summed E-state index contributed by atoms with van der Waals surface area (Å²) in [5, 5.41) is 11.2. The van der Waals surface area contributed by atoms with E-state index in [1.54, 1.807) is 36.7 Å². The van der Waals surface area contributed by atoms with Crippen molar-refractivity contribution in [1.82, 2.24) is 19.9 Å². The molecule has 0 atom stereocenters. The lowest BCUT2D eigenvalue weighted by Crippen LogP contribution is -2.35. The fourth-order valence-corrected chi connectivity index (χ4v) is 3.33. The Labute approximate surface area is 154 Å². The van der Waals surface area contributed by atoms with Gasteiger partial charge in [0.2, 0.25) is 0 Å². The SMILES string of the molecule is O=c1[nH]c(-c2cccnc2)nc2c1CCN(Cc1ccccc1[N+](=O)[O-])C2. The molecule has 8 nitrogen and oxygen atoms in total. The van der Waals surface area contributed by atoms with Gasteiger partial charge < -0.3 is 4.98 Å². The van der Waals surface area contributed by atoms with Crippen LogP contribution in [-0.4, -0.2) is 31.3 Å². The van der Waals surface area contributed by atoms with E-state index in [0.717, 1.165) is 5.56 Å². The number of nitrogens with one attached hydrogen (secondary N) is 1. The first kappa shape index (κ1) is 17.0. The number of rotatable bonds is 4. The van der Waals surface area contributed by atoms with Gasteiger partial charge in [0.15, 0.2) is 0 Å². The van der Waals surface area contributed by atoms with Gasteiger partial charge in [-0.05, 0) is 18.6 Å². The number of hydrogen-bond donors (Lipinski definition) is 1. The van der Waals surface area contributed by atoms with Gasteiger partial charge in [-0.2, -0.15) is 0 Å². The second-order valence-corrected chi connectivity index (χ2v) is 6.43. The normalized spacial score (nSPS) is 13.9. The van der Waals surface area contributed by atoms with Crippen LogP contribution in [0.3, 0.4) is 0 Å². The molecule has 0 unspecified atom stereocenters. The second-order valence-electron chi connectivity index (χ2n) is 6.43. The molecule has 0 saturated carbocycles. The maximum absolute atomic E-state index is 12.4. The highest BCUT2D eigenvalue weighted by atomic mass is 16.6. The maximum Gasteiger partial charge on any atom is 0.273 e. The zero-order chi connectivity index (χ0) is 18.8. The number of aromatic amines is 1. The van der Waals surface area contributed by atoms with Crippen LogP contribution in [0.5, 0.6) is 0 Å². The summed E-state index contributed by atoms with van der Waals surface area (Å²) >= 11 is 0. The maximum atomic E-state index is 12.4. The van der Waals surface area contributed by atoms with Crippen LogP contribution in [0.4, 0.5) is 5.69 Å². The zero-order valence-electron chi connectivity index (χ0n) is 14.5. The van der Waals surface area contributed by atoms with Crippen LogP contribution in [-0.2, 0) is 19.5 Å². The monoisotopic (exact) mass is 363 g/mol. The minimum absolute atomic E-state index is 0.109. The molecule has 8 heteroatoms. The van der Waals surface area contributed by atoms with Crippen LogP contribution in [0.1, 0.15) is 16.8 Å². The summed E-state index contributed by atoms with van der Waals surface area (Å²) in [6.45, 7) is 1.56. The summed E-state index contributed by atoms with van der Waals surface area (Å²) < 4.78 is 0. The Kier molecular flexibility index (Phi) is 4.47. The van der Waals surface area contributed by atoms with Crippen molar-refractivity contribution in [3.63, 3.8) is 0 Å². The fraction of sp³-hybridized carbons (Fsp3) is 0.211. The molecule has 27 heavy (non-hydrogen) atoms. The average Bonchev–Trinajstić information content (AvgIpc) is 2.68. The number of nitro benzene ring substituents is 1. The molecular weight excluding hydrogens is 346 g/mol. The lowest BCUT2D eigenvalue weighted by molar-refractivity contribution is -0.385. The van der Waals surface area contributed by atoms with E-state index in [0.29, 0.717) is 48.7 Å². The molecule has 0 spiro atoms. The topological polar surface area (TPSA) is 105 Å². The van der Waals surface area contributed by atoms with Gasteiger partial charge in [0, 0.05) is 54.8 Å². The van der Waals surface area contributed by atoms with Crippen LogP contribution in [0.15, 0.2) is 53.6 Å². The van der Waals surface area contributed by atoms with Gasteiger partial charge in [0.05, 0.1) is 10.6 Å². The van der Waals surface area contributed by atoms with E-state index in [1.165, 1.54) is 6.07 Å². The van der Waals surface area contributed by atoms with Crippen LogP contribution >= 0.6 is 0 Å². The first-order valence-corrected chi connectivity index (χ1v) is 8.59. The van der Waals surface area contributed by atoms with Crippen LogP contribution in [0, 0.1) is 10.1 Å². The lowest BCUT2D eigenvalue weighted by atomic mass is 10.0. The third-order valence-electron chi connectivity index (χ3n) is 4.67. The van der Waals surface area contributed by atoms with Crippen molar-refractivity contribution < 1.29 is 4.92 Å². The summed E-state index contributed by atoms with van der Waals surface area (Å²) in [7, 11) is 0. The van der Waals surface area contributed by atoms with Crippen molar-refractivity contribution >= 4 is 5.69 Å². The summed E-state index contributed by atoms with van der Waals surface area (Å²) in [5.74, 6) is 0.486. The predicted molar refractivity (Wildman–Crippen MR) is 99.0 cm³/mol. The van der Waals surface area contributed by atoms with E-state index in [2.05, 4.69) is 19.9 Å². The highest BCUT2D eigenvalue weighted by Crippen LogP contribution is 2.23. The van der Waals surface area contributed by atoms with Gasteiger partial charge in [-0.1, -0.05) is 18.2 Å². The molecule has 1 aromatic carbocycles. The molecule has 3 aromatic rings. The molecular formula is C19H17N5O3. The molecule has 0 radical (unpaired) electrons. The van der Waals surface area contributed by atoms with Gasteiger partial charge in [-0.25, -0.2) is 4.98 Å². The Morgan fingerprint density at radius 2 is 2.07 bits per heavy atom. The van der Waals surface area contributed by atoms with Crippen LogP contribution < -0.4 is 5.56 Å². The highest BCUT2D eigenvalue weighted by molar-refractivity contribution is 5.53. The van der Waals surface area contributed by atoms with Gasteiger partial charge in [0.25, 0.3) is 11.2 Å². The van der Waals surface area contributed by atoms with E-state index >= 15 is 0 Å². The summed E-state index contributed by atoms with van der Waals surface area (Å²) in [5.41, 5.74) is 2.77. The van der Waals surface area contributed by atoms with Crippen LogP contribution in [0.2, 0.25) is 0 Å². The molecule has 0 fully saturated rings. The van der Waals surface area contributed by atoms with Crippen molar-refractivity contribution in [3.05, 3.63) is 86.1 Å². The molecule has 0 saturated heterocycles. The number of pyridine rings is 1. The van der Waals surface area contributed by atoms with Gasteiger partial charge >= 0.3 is 0 Å². The van der Waals surface area contributed by atoms with Gasteiger partial charge in [0.1, 0.15) is 5.82 Å². The van der Waals surface area contributed by atoms with Crippen molar-refractivity contribution in [3.8, 4) is 11.4 Å². The van der Waals surface area contributed by atoms with Crippen molar-refractivity contribution in [2.75, 3.05) is 6.54 Å². The number of fused-ring (bicyclic) bond motifs is 1. The standard InChI is InChI=1S/C19H17N5O3/c25-19-15-7-9-23(11-14-4-1-2-6-17(14)24(26)27)12-16(15)21-18(22-19)13-5-3-8-20-10-13/h1-6,8,10H,7,9,11-12H2,(H,21,22,25). The Morgan fingerprint density at radius 1 is 1.22 bits per heavy atom. The summed E-state index contributed by atoms with van der Waals surface area (Å²) in [6, 6.07) is 10.4. The lowest BCUT2D eigenvalue weighted by Gasteiger charge is -2.27. The van der Waals surface area contributed by atoms with E-state index in [4.69, 9.17) is 0 Å². The molecule has 0 aliphatic carbocycles. The third-order valence-corrected chi connectivity index (χ3v) is 4.67. The Balaban J connectivity index is 1.62. The summed E-state index contributed by atoms with van der Waals surface area (Å²) in [4.78, 5) is 36.9. The largest absolute Gasteiger partial charge is 0.306 e. The number of nitrogens with zero attached hydrogens (tertiary/aromatic N) is 4. The van der Waals surface area contributed by atoms with Crippen molar-refractivity contribution in [2.24, 2.45) is 0 Å². The zero-order valence-corrected chi connectivity index (χ0v) is 14.5. The molecule has 1 aliphatic heterocycles. The van der Waals surface area contributed by atoms with Gasteiger partial charge in [-0.15, -0.1) is 0 Å². The quantitative estimate of drug-likeness (QED) is 0.563. The van der Waals surface area contributed by atoms with E-state index in [-0.39, 0.29) is 16.2 Å². The first-order chi connectivity index (χ1) is 13.1. The Bertz CT molecular complexity index is 1050. The molecule has 4 rings (SSSR count). The predicted octanol–water partition coefficient (Wildman–Crippen LogP) is 2.30. The molecule has 1 N–H and O–H groups in total. The Hall–Kier alpha value is -3.39. The minimum Gasteiger partial charge on any atom is -0.306 e. The number of para-hydroxylation sites is 1. The van der Waals surface area contributed by atoms with Crippen molar-refractivity contribution in [2.45, 2.75) is 19.5 Å². The van der Waals surface area contributed by atoms with Crippen molar-refractivity contribution in [1.29, 1.82) is 0 Å². The molecule has 136 valence electrons. The number of nitro groups is 1. The van der Waals surface area contributed by atoms with Gasteiger partial charge in [-0.3, -0.25) is 24.8 Å². The number of H-pyrrole nitrogens is 1. The average molecular weight is 363 g/mol. The Morgan fingerprint density at radius 3 is 2.85 bits per heavy atom. The van der Waals surface area contributed by atoms with Crippen LogP contribution in [0.25, 0.3) is 11.4 Å². The highest BCUT2D eigenvalue weighted by Gasteiger charge is 2.23. The first-order valence-electron chi connectivity index (χ1n) is 8.59. The van der Waals surface area contributed by atoms with E-state index in [1.807, 2.05) is 6.07 Å². The number of benzene rings is 1. The number of hydrogen-bond acceptors (Lipinski definition) is 6. The van der Waals surface area contributed by atoms with E-state index < -0.39 is 0 Å². The fourth-order valence-electron chi connectivity index (χ4n) is 3.33. The molecule has 1 aliphatic rings. The second kappa shape index (κ2) is 7.08. The molecule has 3 heterocycles. The molecule has 0 amide bonds. The van der Waals surface area contributed by atoms with E-state index in [9.17, 15) is 14.9 Å². The number of aromatic nitrogens is 3. The molecule has 0 bridgehead atoms. The minimum atomic E-state index is -0.364.